The Morgan fingerprint density at radius 1 is 0.621 bits per heavy atom. The minimum atomic E-state index is -0.402. The fourth-order valence-corrected chi connectivity index (χ4v) is 3.00. The molecule has 1 N–H and O–H groups in total. The van der Waals surface area contributed by atoms with E-state index in [9.17, 15) is 4.79 Å². The Hall–Kier alpha value is -0.850. The molecule has 0 unspecified atom stereocenters. The number of nitrogens with one attached hydrogen (secondary N) is 1. The maximum atomic E-state index is 11.4. The Morgan fingerprint density at radius 3 is 1.76 bits per heavy atom. The zero-order valence-electron chi connectivity index (χ0n) is 19.2. The van der Waals surface area contributed by atoms with Gasteiger partial charge in [0.15, 0.2) is 0 Å². The van der Waals surface area contributed by atoms with E-state index < -0.39 is 6.09 Å². The Labute approximate surface area is 179 Å². The largest absolute Gasteiger partial charge is 0.447 e. The van der Waals surface area contributed by atoms with E-state index in [0.29, 0.717) is 33.0 Å². The van der Waals surface area contributed by atoms with Crippen molar-refractivity contribution in [2.75, 3.05) is 53.3 Å². The van der Waals surface area contributed by atoms with Crippen LogP contribution in [0.4, 0.5) is 4.79 Å². The van der Waals surface area contributed by atoms with Crippen LogP contribution in [0.1, 0.15) is 90.4 Å². The van der Waals surface area contributed by atoms with Gasteiger partial charge in [0.1, 0.15) is 6.61 Å². The van der Waals surface area contributed by atoms with Gasteiger partial charge in [-0.2, -0.15) is 0 Å². The van der Waals surface area contributed by atoms with Crippen LogP contribution < -0.4 is 5.32 Å². The predicted molar refractivity (Wildman–Crippen MR) is 119 cm³/mol. The van der Waals surface area contributed by atoms with E-state index in [-0.39, 0.29) is 6.61 Å². The van der Waals surface area contributed by atoms with E-state index in [1.165, 1.54) is 70.6 Å². The van der Waals surface area contributed by atoms with E-state index in [1.54, 1.807) is 7.11 Å². The number of rotatable bonds is 23. The fourth-order valence-electron chi connectivity index (χ4n) is 3.00. The quantitative estimate of drug-likeness (QED) is 0.223. The van der Waals surface area contributed by atoms with E-state index in [0.717, 1.165) is 19.4 Å². The summed E-state index contributed by atoms with van der Waals surface area (Å²) in [6, 6.07) is 0. The molecule has 0 radical (unpaired) electrons. The highest BCUT2D eigenvalue weighted by atomic mass is 16.6. The molecule has 0 rings (SSSR count). The number of hydrogen-bond donors (Lipinski definition) is 1. The first kappa shape index (κ1) is 28.1. The van der Waals surface area contributed by atoms with Gasteiger partial charge in [-0.25, -0.2) is 4.79 Å². The molecule has 0 aliphatic carbocycles. The zero-order chi connectivity index (χ0) is 21.3. The lowest BCUT2D eigenvalue weighted by molar-refractivity contribution is 0.0420. The van der Waals surface area contributed by atoms with Crippen LogP contribution in [0.2, 0.25) is 0 Å². The second kappa shape index (κ2) is 25.2. The van der Waals surface area contributed by atoms with Gasteiger partial charge in [0.2, 0.25) is 0 Å². The molecule has 0 saturated carbocycles. The number of amides is 1. The number of carbonyl (C=O) groups excluding carboxylic acids is 1. The molecule has 0 spiro atoms. The molecule has 0 fully saturated rings. The lowest BCUT2D eigenvalue weighted by atomic mass is 10.1. The Morgan fingerprint density at radius 2 is 1.14 bits per heavy atom. The molecule has 0 aliphatic heterocycles. The Balaban J connectivity index is 3.10. The number of hydrogen-bond acceptors (Lipinski definition) is 5. The smallest absolute Gasteiger partial charge is 0.407 e. The molecule has 0 saturated heterocycles. The first-order valence-corrected chi connectivity index (χ1v) is 11.9. The number of unbranched alkanes of at least 4 members (excludes halogenated alkanes) is 11. The lowest BCUT2D eigenvalue weighted by Crippen LogP contribution is -2.27. The van der Waals surface area contributed by atoms with Crippen molar-refractivity contribution in [2.24, 2.45) is 0 Å². The highest BCUT2D eigenvalue weighted by Gasteiger charge is 2.00. The van der Waals surface area contributed by atoms with Crippen LogP contribution in [0.25, 0.3) is 0 Å². The van der Waals surface area contributed by atoms with Crippen molar-refractivity contribution >= 4 is 6.09 Å². The zero-order valence-corrected chi connectivity index (χ0v) is 19.2. The van der Waals surface area contributed by atoms with Gasteiger partial charge >= 0.3 is 6.09 Å². The Kier molecular flexibility index (Phi) is 24.4. The fraction of sp³-hybridized carbons (Fsp3) is 0.957. The average molecular weight is 418 g/mol. The van der Waals surface area contributed by atoms with Gasteiger partial charge in [-0.3, -0.25) is 0 Å². The minimum Gasteiger partial charge on any atom is -0.447 e. The summed E-state index contributed by atoms with van der Waals surface area (Å²) < 4.78 is 20.7. The summed E-state index contributed by atoms with van der Waals surface area (Å²) in [5.74, 6) is 0. The average Bonchev–Trinajstić information content (AvgIpc) is 2.73. The van der Waals surface area contributed by atoms with Crippen LogP contribution in [0.15, 0.2) is 0 Å². The molecule has 6 nitrogen and oxygen atoms in total. The highest BCUT2D eigenvalue weighted by molar-refractivity contribution is 5.66. The summed E-state index contributed by atoms with van der Waals surface area (Å²) in [5.41, 5.74) is 0. The number of methoxy groups -OCH3 is 1. The van der Waals surface area contributed by atoms with Crippen molar-refractivity contribution in [3.8, 4) is 0 Å². The van der Waals surface area contributed by atoms with Gasteiger partial charge in [0.05, 0.1) is 19.8 Å². The second-order valence-corrected chi connectivity index (χ2v) is 7.52. The van der Waals surface area contributed by atoms with Gasteiger partial charge < -0.3 is 24.3 Å². The maximum Gasteiger partial charge on any atom is 0.407 e. The third kappa shape index (κ3) is 25.1. The molecule has 29 heavy (non-hydrogen) atoms. The van der Waals surface area contributed by atoms with E-state index in [4.69, 9.17) is 18.9 Å². The van der Waals surface area contributed by atoms with Crippen LogP contribution in [-0.4, -0.2) is 59.4 Å². The van der Waals surface area contributed by atoms with Gasteiger partial charge in [-0.05, 0) is 12.8 Å². The van der Waals surface area contributed by atoms with Crippen molar-refractivity contribution in [3.63, 3.8) is 0 Å². The summed E-state index contributed by atoms with van der Waals surface area (Å²) >= 11 is 0. The molecule has 174 valence electrons. The third-order valence-electron chi connectivity index (χ3n) is 4.77. The van der Waals surface area contributed by atoms with Crippen molar-refractivity contribution in [2.45, 2.75) is 90.4 Å². The SMILES string of the molecule is CCCCCCCCCCCCCCOCCCNC(=O)OCCOCCOC. The molecular formula is C23H47NO5. The molecular weight excluding hydrogens is 370 g/mol. The second-order valence-electron chi connectivity index (χ2n) is 7.52. The highest BCUT2D eigenvalue weighted by Crippen LogP contribution is 2.11. The van der Waals surface area contributed by atoms with Gasteiger partial charge in [0, 0.05) is 26.9 Å². The van der Waals surface area contributed by atoms with Crippen LogP contribution >= 0.6 is 0 Å². The van der Waals surface area contributed by atoms with Crippen molar-refractivity contribution < 1.29 is 23.7 Å². The van der Waals surface area contributed by atoms with E-state index >= 15 is 0 Å². The molecule has 0 atom stereocenters. The van der Waals surface area contributed by atoms with Gasteiger partial charge in [-0.1, -0.05) is 77.6 Å². The lowest BCUT2D eigenvalue weighted by Gasteiger charge is -2.08. The van der Waals surface area contributed by atoms with Crippen LogP contribution in [0.3, 0.4) is 0 Å². The molecule has 1 amide bonds. The number of alkyl carbamates (subject to hydrolysis) is 1. The summed E-state index contributed by atoms with van der Waals surface area (Å²) in [7, 11) is 1.62. The summed E-state index contributed by atoms with van der Waals surface area (Å²) in [6.07, 6.45) is 16.7. The molecule has 0 aromatic heterocycles. The Bertz CT molecular complexity index is 328. The molecule has 0 aromatic carbocycles. The number of ether oxygens (including phenoxy) is 4. The molecule has 0 aliphatic rings. The molecule has 6 heteroatoms. The standard InChI is InChI=1S/C23H47NO5/c1-3-4-5-6-7-8-9-10-11-12-13-14-17-27-18-15-16-24-23(25)29-22-21-28-20-19-26-2/h3-22H2,1-2H3,(H,24,25). The van der Waals surface area contributed by atoms with E-state index in [1.807, 2.05) is 0 Å². The third-order valence-corrected chi connectivity index (χ3v) is 4.77. The predicted octanol–water partition coefficient (Wildman–Crippen LogP) is 5.48. The van der Waals surface area contributed by atoms with Crippen LogP contribution in [-0.2, 0) is 18.9 Å². The van der Waals surface area contributed by atoms with Crippen molar-refractivity contribution in [1.82, 2.24) is 5.32 Å². The molecule has 0 aromatic rings. The first-order chi connectivity index (χ1) is 14.3. The van der Waals surface area contributed by atoms with Crippen LogP contribution in [0.5, 0.6) is 0 Å². The monoisotopic (exact) mass is 417 g/mol. The number of carbonyl (C=O) groups is 1. The van der Waals surface area contributed by atoms with Crippen molar-refractivity contribution in [1.29, 1.82) is 0 Å². The van der Waals surface area contributed by atoms with Gasteiger partial charge in [0.25, 0.3) is 0 Å². The first-order valence-electron chi connectivity index (χ1n) is 11.9. The summed E-state index contributed by atoms with van der Waals surface area (Å²) in [6.45, 7) is 6.04. The molecule has 0 heterocycles. The van der Waals surface area contributed by atoms with Crippen molar-refractivity contribution in [3.05, 3.63) is 0 Å². The molecule has 0 bridgehead atoms. The van der Waals surface area contributed by atoms with E-state index in [2.05, 4.69) is 12.2 Å². The summed E-state index contributed by atoms with van der Waals surface area (Å²) in [5, 5.41) is 2.71. The van der Waals surface area contributed by atoms with Gasteiger partial charge in [-0.15, -0.1) is 0 Å². The summed E-state index contributed by atoms with van der Waals surface area (Å²) in [4.78, 5) is 11.4. The maximum absolute atomic E-state index is 11.4. The minimum absolute atomic E-state index is 0.255. The topological polar surface area (TPSA) is 66.0 Å². The normalized spacial score (nSPS) is 11.0. The van der Waals surface area contributed by atoms with Crippen LogP contribution in [0, 0.1) is 0 Å².